The van der Waals surface area contributed by atoms with E-state index in [1.807, 2.05) is 6.92 Å². The Morgan fingerprint density at radius 3 is 2.92 bits per heavy atom. The minimum atomic E-state index is 0.446. The molecule has 0 radical (unpaired) electrons. The van der Waals surface area contributed by atoms with Crippen LogP contribution in [0.4, 0.5) is 0 Å². The Morgan fingerprint density at radius 1 is 1.58 bits per heavy atom. The maximum atomic E-state index is 11.2. The second kappa shape index (κ2) is 4.90. The van der Waals surface area contributed by atoms with E-state index in [0.717, 1.165) is 18.1 Å². The van der Waals surface area contributed by atoms with Gasteiger partial charge in [-0.1, -0.05) is 13.8 Å². The van der Waals surface area contributed by atoms with Crippen LogP contribution in [0.25, 0.3) is 0 Å². The normalized spacial score (nSPS) is 30.2. The fraction of sp³-hybridized carbons (Fsp3) is 0.900. The number of rotatable bonds is 3. The minimum Gasteiger partial charge on any atom is -0.294 e. The first-order valence-electron chi connectivity index (χ1n) is 4.88. The van der Waals surface area contributed by atoms with Crippen LogP contribution < -0.4 is 0 Å². The van der Waals surface area contributed by atoms with E-state index >= 15 is 0 Å². The molecular weight excluding hydrogens is 168 g/mol. The smallest absolute Gasteiger partial charge is 0.181 e. The van der Waals surface area contributed by atoms with Crippen molar-refractivity contribution in [2.24, 2.45) is 5.92 Å². The average molecular weight is 187 g/mol. The zero-order valence-electron chi connectivity index (χ0n) is 8.14. The van der Waals surface area contributed by atoms with Crippen LogP contribution in [0, 0.1) is 5.92 Å². The van der Waals surface area contributed by atoms with E-state index in [0.29, 0.717) is 16.7 Å². The molecule has 1 fully saturated rings. The highest BCUT2D eigenvalue weighted by atomic mass is 32.2. The molecule has 0 aromatic carbocycles. The van der Waals surface area contributed by atoms with Crippen LogP contribution in [0.1, 0.15) is 33.1 Å². The minimum absolute atomic E-state index is 0.446. The molecule has 2 heteroatoms. The molecule has 2 atom stereocenters. The van der Waals surface area contributed by atoms with Crippen molar-refractivity contribution in [2.45, 2.75) is 33.1 Å². The van der Waals surface area contributed by atoms with Crippen LogP contribution in [0.5, 0.6) is 0 Å². The number of carbonyl (C=O) groups excluding carboxylic acids is 1. The number of hydrogen-bond acceptors (Lipinski definition) is 1. The average Bonchev–Trinajstić information content (AvgIpc) is 2.04. The van der Waals surface area contributed by atoms with Crippen molar-refractivity contribution in [3.8, 4) is 0 Å². The zero-order valence-corrected chi connectivity index (χ0v) is 8.95. The highest BCUT2D eigenvalue weighted by molar-refractivity contribution is 7.97. The van der Waals surface area contributed by atoms with Gasteiger partial charge in [0.25, 0.3) is 0 Å². The van der Waals surface area contributed by atoms with Gasteiger partial charge < -0.3 is 0 Å². The highest BCUT2D eigenvalue weighted by Gasteiger charge is 2.28. The summed E-state index contributed by atoms with van der Waals surface area (Å²) in [7, 11) is 0.446. The lowest BCUT2D eigenvalue weighted by Crippen LogP contribution is -2.29. The Bertz CT molecular complexity index is 156. The van der Waals surface area contributed by atoms with E-state index in [-0.39, 0.29) is 0 Å². The third-order valence-electron chi connectivity index (χ3n) is 2.41. The highest BCUT2D eigenvalue weighted by Crippen LogP contribution is 2.19. The summed E-state index contributed by atoms with van der Waals surface area (Å²) in [4.78, 5) is 11.2. The van der Waals surface area contributed by atoms with Crippen LogP contribution in [0.15, 0.2) is 0 Å². The summed E-state index contributed by atoms with van der Waals surface area (Å²) in [5.74, 6) is 4.84. The standard InChI is InChI=1S/C10H19OS/c1-3-10(11)8-12-6-4-5-9(2)7-12/h9H,3-8H2,1-2H3/q+1. The molecule has 0 N–H and O–H groups in total. The van der Waals surface area contributed by atoms with Gasteiger partial charge in [-0.05, 0) is 23.7 Å². The summed E-state index contributed by atoms with van der Waals surface area (Å²) in [6.45, 7) is 4.29. The zero-order chi connectivity index (χ0) is 8.97. The summed E-state index contributed by atoms with van der Waals surface area (Å²) in [5.41, 5.74) is 0. The summed E-state index contributed by atoms with van der Waals surface area (Å²) in [5, 5.41) is 0. The van der Waals surface area contributed by atoms with Gasteiger partial charge in [0.15, 0.2) is 11.5 Å². The molecule has 1 saturated heterocycles. The Hall–Kier alpha value is 0.0200. The SMILES string of the molecule is CCC(=O)C[S+]1CCCC(C)C1. The number of hydrogen-bond donors (Lipinski definition) is 0. The first-order chi connectivity index (χ1) is 5.72. The van der Waals surface area contributed by atoms with Gasteiger partial charge in [0.1, 0.15) is 11.5 Å². The van der Waals surface area contributed by atoms with Gasteiger partial charge in [0, 0.05) is 12.3 Å². The first kappa shape index (κ1) is 10.1. The Labute approximate surface area is 78.3 Å². The molecule has 0 spiro atoms. The fourth-order valence-electron chi connectivity index (χ4n) is 1.67. The summed E-state index contributed by atoms with van der Waals surface area (Å²) < 4.78 is 0. The predicted molar refractivity (Wildman–Crippen MR) is 55.7 cm³/mol. The molecule has 1 aliphatic heterocycles. The molecule has 0 aromatic rings. The van der Waals surface area contributed by atoms with Crippen molar-refractivity contribution in [3.05, 3.63) is 0 Å². The maximum Gasteiger partial charge on any atom is 0.181 e. The van der Waals surface area contributed by atoms with Crippen molar-refractivity contribution in [1.29, 1.82) is 0 Å². The Kier molecular flexibility index (Phi) is 4.13. The van der Waals surface area contributed by atoms with Crippen molar-refractivity contribution >= 4 is 16.7 Å². The van der Waals surface area contributed by atoms with Crippen LogP contribution in [0.3, 0.4) is 0 Å². The third-order valence-corrected chi connectivity index (χ3v) is 5.05. The summed E-state index contributed by atoms with van der Waals surface area (Å²) in [6.07, 6.45) is 3.46. The van der Waals surface area contributed by atoms with Crippen LogP contribution in [-0.4, -0.2) is 23.0 Å². The first-order valence-corrected chi connectivity index (χ1v) is 6.61. The van der Waals surface area contributed by atoms with E-state index in [4.69, 9.17) is 0 Å². The van der Waals surface area contributed by atoms with Gasteiger partial charge in [-0.2, -0.15) is 0 Å². The number of Topliss-reactive ketones (excluding diaryl/α,β-unsaturated/α-hetero) is 1. The molecule has 0 bridgehead atoms. The lowest BCUT2D eigenvalue weighted by molar-refractivity contribution is -0.116. The largest absolute Gasteiger partial charge is 0.294 e. The van der Waals surface area contributed by atoms with Gasteiger partial charge >= 0.3 is 0 Å². The van der Waals surface area contributed by atoms with E-state index < -0.39 is 0 Å². The molecule has 0 aliphatic carbocycles. The molecule has 0 aromatic heterocycles. The lowest BCUT2D eigenvalue weighted by atomic mass is 10.1. The second-order valence-corrected chi connectivity index (χ2v) is 6.02. The van der Waals surface area contributed by atoms with E-state index in [2.05, 4.69) is 6.92 Å². The van der Waals surface area contributed by atoms with Crippen molar-refractivity contribution in [3.63, 3.8) is 0 Å². The molecule has 0 amide bonds. The van der Waals surface area contributed by atoms with Gasteiger partial charge in [0.05, 0.1) is 0 Å². The van der Waals surface area contributed by atoms with Crippen molar-refractivity contribution < 1.29 is 4.79 Å². The Morgan fingerprint density at radius 2 is 2.33 bits per heavy atom. The molecule has 1 nitrogen and oxygen atoms in total. The van der Waals surface area contributed by atoms with E-state index in [1.165, 1.54) is 24.3 Å². The van der Waals surface area contributed by atoms with Crippen molar-refractivity contribution in [1.82, 2.24) is 0 Å². The van der Waals surface area contributed by atoms with Gasteiger partial charge in [-0.15, -0.1) is 0 Å². The van der Waals surface area contributed by atoms with E-state index in [9.17, 15) is 4.79 Å². The van der Waals surface area contributed by atoms with Crippen LogP contribution >= 0.6 is 0 Å². The molecule has 1 aliphatic rings. The van der Waals surface area contributed by atoms with E-state index in [1.54, 1.807) is 0 Å². The van der Waals surface area contributed by atoms with Crippen molar-refractivity contribution in [2.75, 3.05) is 17.3 Å². The molecule has 1 heterocycles. The number of carbonyl (C=O) groups is 1. The van der Waals surface area contributed by atoms with Crippen LogP contribution in [-0.2, 0) is 15.7 Å². The van der Waals surface area contributed by atoms with Gasteiger partial charge in [-0.25, -0.2) is 0 Å². The second-order valence-electron chi connectivity index (χ2n) is 3.77. The molecule has 0 saturated carbocycles. The van der Waals surface area contributed by atoms with Crippen LogP contribution in [0.2, 0.25) is 0 Å². The summed E-state index contributed by atoms with van der Waals surface area (Å²) in [6, 6.07) is 0. The molecule has 1 rings (SSSR count). The molecule has 70 valence electrons. The predicted octanol–water partition coefficient (Wildman–Crippen LogP) is 2.01. The summed E-state index contributed by atoms with van der Waals surface area (Å²) >= 11 is 0. The van der Waals surface area contributed by atoms with Gasteiger partial charge in [-0.3, -0.25) is 4.79 Å². The third kappa shape index (κ3) is 3.18. The Balaban J connectivity index is 2.27. The topological polar surface area (TPSA) is 17.1 Å². The molecular formula is C10H19OS+. The number of ketones is 1. The van der Waals surface area contributed by atoms with Gasteiger partial charge in [0.2, 0.25) is 0 Å². The fourth-order valence-corrected chi connectivity index (χ4v) is 4.30. The molecule has 2 unspecified atom stereocenters. The quantitative estimate of drug-likeness (QED) is 0.618. The lowest BCUT2D eigenvalue weighted by Gasteiger charge is -2.18. The maximum absolute atomic E-state index is 11.2. The molecule has 12 heavy (non-hydrogen) atoms. The monoisotopic (exact) mass is 187 g/mol.